The molecule has 0 saturated carbocycles. The summed E-state index contributed by atoms with van der Waals surface area (Å²) in [5.74, 6) is -5.00. The maximum atomic E-state index is 12.7. The van der Waals surface area contributed by atoms with Crippen LogP contribution in [0.25, 0.3) is 0 Å². The molecule has 0 aromatic heterocycles. The molecule has 24 heavy (non-hydrogen) atoms. The zero-order valence-corrected chi connectivity index (χ0v) is 12.0. The van der Waals surface area contributed by atoms with E-state index in [-0.39, 0.29) is 11.5 Å². The zero-order chi connectivity index (χ0) is 17.8. The zero-order valence-electron chi connectivity index (χ0n) is 12.0. The van der Waals surface area contributed by atoms with E-state index in [4.69, 9.17) is 5.11 Å². The van der Waals surface area contributed by atoms with Crippen LogP contribution in [0.1, 0.15) is 0 Å². The maximum absolute atomic E-state index is 12.7. The molecular formula is C15H11F5N2O2. The Labute approximate surface area is 133 Å². The number of hydrogen-bond acceptors (Lipinski definition) is 4. The van der Waals surface area contributed by atoms with E-state index < -0.39 is 18.7 Å². The lowest BCUT2D eigenvalue weighted by Crippen LogP contribution is -2.41. The Hall–Kier alpha value is -2.71. The van der Waals surface area contributed by atoms with Crippen LogP contribution in [0.5, 0.6) is 11.5 Å². The van der Waals surface area contributed by atoms with Crippen LogP contribution in [0, 0.1) is 0 Å². The lowest BCUT2D eigenvalue weighted by Gasteiger charge is -2.19. The molecule has 0 atom stereocenters. The largest absolute Gasteiger partial charge is 0.508 e. The van der Waals surface area contributed by atoms with Gasteiger partial charge in [-0.25, -0.2) is 0 Å². The topological polar surface area (TPSA) is 54.2 Å². The molecule has 0 amide bonds. The first-order valence-corrected chi connectivity index (χ1v) is 6.55. The average Bonchev–Trinajstić information content (AvgIpc) is 2.52. The van der Waals surface area contributed by atoms with Crippen LogP contribution < -0.4 is 4.74 Å². The number of nitrogens with zero attached hydrogens (tertiary/aromatic N) is 2. The minimum Gasteiger partial charge on any atom is -0.508 e. The van der Waals surface area contributed by atoms with Crippen molar-refractivity contribution in [2.24, 2.45) is 10.2 Å². The minimum absolute atomic E-state index is 0.0751. The number of alkyl halides is 5. The molecule has 2 aromatic rings. The first-order valence-electron chi connectivity index (χ1n) is 6.55. The van der Waals surface area contributed by atoms with E-state index in [1.165, 1.54) is 48.5 Å². The van der Waals surface area contributed by atoms with Gasteiger partial charge in [-0.2, -0.15) is 32.2 Å². The first-order chi connectivity index (χ1) is 11.2. The molecule has 0 unspecified atom stereocenters. The molecule has 0 aliphatic carbocycles. The molecule has 1 N–H and O–H groups in total. The van der Waals surface area contributed by atoms with Crippen LogP contribution in [0.4, 0.5) is 33.3 Å². The number of rotatable bonds is 5. The summed E-state index contributed by atoms with van der Waals surface area (Å²) in [6.45, 7) is -1.80. The molecule has 0 aliphatic heterocycles. The lowest BCUT2D eigenvalue weighted by molar-refractivity contribution is -0.290. The average molecular weight is 346 g/mol. The maximum Gasteiger partial charge on any atom is 0.456 e. The highest BCUT2D eigenvalue weighted by Gasteiger charge is 2.58. The normalized spacial score (nSPS) is 12.5. The summed E-state index contributed by atoms with van der Waals surface area (Å²) in [5.41, 5.74) is 0.816. The van der Waals surface area contributed by atoms with Crippen molar-refractivity contribution >= 4 is 11.4 Å². The smallest absolute Gasteiger partial charge is 0.456 e. The Morgan fingerprint density at radius 3 is 1.71 bits per heavy atom. The van der Waals surface area contributed by atoms with Gasteiger partial charge in [0.05, 0.1) is 11.4 Å². The fourth-order valence-electron chi connectivity index (χ4n) is 1.50. The van der Waals surface area contributed by atoms with Gasteiger partial charge in [0.1, 0.15) is 11.5 Å². The SMILES string of the molecule is Oc1ccc(N=Nc2ccc(OCC(F)(F)C(F)(F)F)cc2)cc1. The molecular weight excluding hydrogens is 335 g/mol. The fraction of sp³-hybridized carbons (Fsp3) is 0.200. The molecule has 0 spiro atoms. The second-order valence-corrected chi connectivity index (χ2v) is 4.70. The Morgan fingerprint density at radius 2 is 1.25 bits per heavy atom. The Kier molecular flexibility index (Phi) is 5.01. The standard InChI is InChI=1S/C15H11F5N2O2/c16-14(17,15(18,19)20)9-24-13-7-3-11(4-8-13)22-21-10-1-5-12(23)6-2-10/h1-8,23H,9H2. The van der Waals surface area contributed by atoms with E-state index in [0.717, 1.165) is 0 Å². The third-order valence-electron chi connectivity index (χ3n) is 2.80. The van der Waals surface area contributed by atoms with Crippen molar-refractivity contribution in [3.8, 4) is 11.5 Å². The van der Waals surface area contributed by atoms with Gasteiger partial charge >= 0.3 is 12.1 Å². The highest BCUT2D eigenvalue weighted by atomic mass is 19.4. The minimum atomic E-state index is -5.66. The number of halogens is 5. The van der Waals surface area contributed by atoms with Gasteiger partial charge in [0.15, 0.2) is 6.61 Å². The summed E-state index contributed by atoms with van der Waals surface area (Å²) in [5, 5.41) is 16.8. The predicted octanol–water partition coefficient (Wildman–Crippen LogP) is 5.38. The van der Waals surface area contributed by atoms with E-state index in [9.17, 15) is 22.0 Å². The second kappa shape index (κ2) is 6.81. The van der Waals surface area contributed by atoms with E-state index in [0.29, 0.717) is 11.4 Å². The van der Waals surface area contributed by atoms with Gasteiger partial charge in [-0.3, -0.25) is 0 Å². The van der Waals surface area contributed by atoms with Crippen LogP contribution in [0.3, 0.4) is 0 Å². The molecule has 0 saturated heterocycles. The van der Waals surface area contributed by atoms with E-state index in [2.05, 4.69) is 15.0 Å². The molecule has 0 fully saturated rings. The summed E-state index contributed by atoms with van der Waals surface area (Å²) < 4.78 is 66.0. The van der Waals surface area contributed by atoms with Gasteiger partial charge in [-0.05, 0) is 48.5 Å². The molecule has 128 valence electrons. The first kappa shape index (κ1) is 17.6. The summed E-state index contributed by atoms with van der Waals surface area (Å²) in [6, 6.07) is 11.0. The second-order valence-electron chi connectivity index (χ2n) is 4.70. The summed E-state index contributed by atoms with van der Waals surface area (Å²) >= 11 is 0. The van der Waals surface area contributed by atoms with Crippen LogP contribution in [-0.4, -0.2) is 23.8 Å². The number of aromatic hydroxyl groups is 1. The van der Waals surface area contributed by atoms with E-state index in [1.54, 1.807) is 0 Å². The molecule has 4 nitrogen and oxygen atoms in total. The van der Waals surface area contributed by atoms with Crippen molar-refractivity contribution in [3.63, 3.8) is 0 Å². The van der Waals surface area contributed by atoms with Gasteiger partial charge in [0.25, 0.3) is 0 Å². The molecule has 0 radical (unpaired) electrons. The quantitative estimate of drug-likeness (QED) is 0.583. The van der Waals surface area contributed by atoms with Gasteiger partial charge in [0, 0.05) is 0 Å². The third kappa shape index (κ3) is 4.64. The number of azo groups is 1. The molecule has 0 heterocycles. The van der Waals surface area contributed by atoms with E-state index >= 15 is 0 Å². The predicted molar refractivity (Wildman–Crippen MR) is 75.2 cm³/mol. The molecule has 0 bridgehead atoms. The molecule has 0 aliphatic rings. The highest BCUT2D eigenvalue weighted by Crippen LogP contribution is 2.35. The van der Waals surface area contributed by atoms with Gasteiger partial charge in [0.2, 0.25) is 0 Å². The Bertz CT molecular complexity index is 697. The number of phenolic OH excluding ortho intramolecular Hbond substituents is 1. The van der Waals surface area contributed by atoms with Gasteiger partial charge < -0.3 is 9.84 Å². The monoisotopic (exact) mass is 346 g/mol. The number of benzene rings is 2. The van der Waals surface area contributed by atoms with Crippen LogP contribution in [0.2, 0.25) is 0 Å². The van der Waals surface area contributed by atoms with Crippen molar-refractivity contribution in [2.75, 3.05) is 6.61 Å². The number of hydrogen-bond donors (Lipinski definition) is 1. The third-order valence-corrected chi connectivity index (χ3v) is 2.80. The van der Waals surface area contributed by atoms with Crippen LogP contribution >= 0.6 is 0 Å². The van der Waals surface area contributed by atoms with Gasteiger partial charge in [-0.1, -0.05) is 0 Å². The van der Waals surface area contributed by atoms with E-state index in [1.807, 2.05) is 0 Å². The Morgan fingerprint density at radius 1 is 0.792 bits per heavy atom. The highest BCUT2D eigenvalue weighted by molar-refractivity contribution is 5.43. The van der Waals surface area contributed by atoms with Crippen LogP contribution in [-0.2, 0) is 0 Å². The summed E-state index contributed by atoms with van der Waals surface area (Å²) in [7, 11) is 0. The van der Waals surface area contributed by atoms with Crippen molar-refractivity contribution in [1.29, 1.82) is 0 Å². The summed E-state index contributed by atoms with van der Waals surface area (Å²) in [6.07, 6.45) is -5.66. The molecule has 2 rings (SSSR count). The van der Waals surface area contributed by atoms with Crippen LogP contribution in [0.15, 0.2) is 58.8 Å². The van der Waals surface area contributed by atoms with Crippen molar-refractivity contribution < 1.29 is 31.8 Å². The summed E-state index contributed by atoms with van der Waals surface area (Å²) in [4.78, 5) is 0. The number of ether oxygens (including phenoxy) is 1. The number of phenols is 1. The van der Waals surface area contributed by atoms with Crippen molar-refractivity contribution in [2.45, 2.75) is 12.1 Å². The molecule has 9 heteroatoms. The van der Waals surface area contributed by atoms with Gasteiger partial charge in [-0.15, -0.1) is 0 Å². The molecule has 2 aromatic carbocycles. The van der Waals surface area contributed by atoms with Crippen molar-refractivity contribution in [3.05, 3.63) is 48.5 Å². The van der Waals surface area contributed by atoms with Crippen molar-refractivity contribution in [1.82, 2.24) is 0 Å². The fourth-order valence-corrected chi connectivity index (χ4v) is 1.50. The lowest BCUT2D eigenvalue weighted by atomic mass is 10.3. The Balaban J connectivity index is 1.97.